The lowest BCUT2D eigenvalue weighted by molar-refractivity contribution is 0.0981. The second-order valence-electron chi connectivity index (χ2n) is 9.50. The van der Waals surface area contributed by atoms with Crippen LogP contribution in [0.4, 0.5) is 0 Å². The number of carbonyl (C=O) groups excluding carboxylic acids is 2. The molecule has 1 heterocycles. The second kappa shape index (κ2) is 14.1. The zero-order valence-corrected chi connectivity index (χ0v) is 22.3. The average Bonchev–Trinajstić information content (AvgIpc) is 3.12. The van der Waals surface area contributed by atoms with Crippen LogP contribution in [0.15, 0.2) is 30.3 Å². The number of benzene rings is 2. The van der Waals surface area contributed by atoms with Crippen molar-refractivity contribution in [3.8, 4) is 16.9 Å². The number of Topliss-reactive ketones (excluding diaryl/α,β-unsaturated/α-hetero) is 2. The fourth-order valence-corrected chi connectivity index (χ4v) is 4.34. The third kappa shape index (κ3) is 7.04. The predicted molar refractivity (Wildman–Crippen MR) is 143 cm³/mol. The minimum absolute atomic E-state index is 0.0558. The van der Waals surface area contributed by atoms with Gasteiger partial charge in [0.2, 0.25) is 0 Å². The summed E-state index contributed by atoms with van der Waals surface area (Å²) in [6.45, 7) is 13.2. The molecule has 1 unspecified atom stereocenters. The van der Waals surface area contributed by atoms with Crippen molar-refractivity contribution in [2.75, 3.05) is 6.61 Å². The van der Waals surface area contributed by atoms with E-state index in [-0.39, 0.29) is 11.6 Å². The van der Waals surface area contributed by atoms with Crippen molar-refractivity contribution in [2.24, 2.45) is 0 Å². The number of hydrogen-bond acceptors (Lipinski definition) is 3. The lowest BCUT2D eigenvalue weighted by Crippen LogP contribution is -2.03. The number of rotatable bonds is 4. The molecule has 0 fully saturated rings. The molecule has 2 aromatic rings. The highest BCUT2D eigenvalue weighted by atomic mass is 16.5. The van der Waals surface area contributed by atoms with Crippen molar-refractivity contribution in [1.82, 2.24) is 0 Å². The molecule has 186 valence electrons. The van der Waals surface area contributed by atoms with E-state index in [2.05, 4.69) is 46.8 Å². The molecule has 0 saturated heterocycles. The maximum Gasteiger partial charge on any atom is 0.166 e. The van der Waals surface area contributed by atoms with E-state index in [4.69, 9.17) is 4.74 Å². The Hall–Kier alpha value is -2.42. The number of ketones is 2. The smallest absolute Gasteiger partial charge is 0.166 e. The summed E-state index contributed by atoms with van der Waals surface area (Å²) in [6, 6.07) is 9.96. The Morgan fingerprint density at radius 1 is 0.941 bits per heavy atom. The monoisotopic (exact) mass is 464 g/mol. The van der Waals surface area contributed by atoms with Crippen molar-refractivity contribution < 1.29 is 14.3 Å². The van der Waals surface area contributed by atoms with Crippen molar-refractivity contribution in [3.05, 3.63) is 52.6 Å². The number of aryl methyl sites for hydroxylation is 1. The first kappa shape index (κ1) is 27.8. The Morgan fingerprint density at radius 2 is 1.65 bits per heavy atom. The van der Waals surface area contributed by atoms with E-state index in [0.717, 1.165) is 36.1 Å². The highest BCUT2D eigenvalue weighted by Gasteiger charge is 2.28. The maximum absolute atomic E-state index is 12.5. The number of hydrogen-bond donors (Lipinski definition) is 0. The van der Waals surface area contributed by atoms with Gasteiger partial charge in [0.1, 0.15) is 5.75 Å². The second-order valence-corrected chi connectivity index (χ2v) is 9.50. The fraction of sp³-hybridized carbons (Fsp3) is 0.548. The van der Waals surface area contributed by atoms with Crippen LogP contribution in [0.2, 0.25) is 0 Å². The summed E-state index contributed by atoms with van der Waals surface area (Å²) >= 11 is 0. The third-order valence-corrected chi connectivity index (χ3v) is 6.65. The van der Waals surface area contributed by atoms with Crippen molar-refractivity contribution >= 4 is 11.6 Å². The van der Waals surface area contributed by atoms with E-state index >= 15 is 0 Å². The van der Waals surface area contributed by atoms with Crippen LogP contribution in [0.5, 0.6) is 5.75 Å². The normalized spacial score (nSPS) is 16.1. The topological polar surface area (TPSA) is 43.4 Å². The van der Waals surface area contributed by atoms with Gasteiger partial charge in [-0.3, -0.25) is 9.59 Å². The highest BCUT2D eigenvalue weighted by molar-refractivity contribution is 6.02. The maximum atomic E-state index is 12.5. The van der Waals surface area contributed by atoms with Crippen LogP contribution in [0.3, 0.4) is 0 Å². The molecule has 4 rings (SSSR count). The number of ether oxygens (including phenoxy) is 1. The van der Waals surface area contributed by atoms with E-state index in [1.165, 1.54) is 43.2 Å². The molecule has 2 aromatic carbocycles. The molecule has 0 saturated carbocycles. The minimum atomic E-state index is 0.0558. The molecule has 1 aliphatic heterocycles. The van der Waals surface area contributed by atoms with E-state index < -0.39 is 0 Å². The molecule has 34 heavy (non-hydrogen) atoms. The Labute approximate surface area is 207 Å². The standard InChI is InChI=1S/C22H22O3.C5H12.C4H10/c1-13-5-6-15-7-10-18-20(24)4-3-11-25-22(18)21(15)19-12-16(14(2)23)8-9-17(13)19;1-3-5-4-2;1-3-4-2/h7-10,12-13H,3-6,11H2,1-2H3;3-5H2,1-2H3;3-4H2,1-2H3. The van der Waals surface area contributed by atoms with Crippen LogP contribution in [0.1, 0.15) is 131 Å². The number of fused-ring (bicyclic) bond motifs is 5. The van der Waals surface area contributed by atoms with Crippen LogP contribution in [0, 0.1) is 0 Å². The Bertz CT molecular complexity index is 953. The molecule has 0 aromatic heterocycles. The van der Waals surface area contributed by atoms with Gasteiger partial charge >= 0.3 is 0 Å². The van der Waals surface area contributed by atoms with Crippen LogP contribution in [0.25, 0.3) is 11.1 Å². The van der Waals surface area contributed by atoms with Gasteiger partial charge in [-0.25, -0.2) is 0 Å². The largest absolute Gasteiger partial charge is 0.492 e. The summed E-state index contributed by atoms with van der Waals surface area (Å²) in [6.07, 6.45) is 9.99. The quantitative estimate of drug-likeness (QED) is 0.424. The molecule has 0 bridgehead atoms. The molecule has 2 aliphatic rings. The lowest BCUT2D eigenvalue weighted by Gasteiger charge is -2.18. The average molecular weight is 465 g/mol. The summed E-state index contributed by atoms with van der Waals surface area (Å²) in [5.74, 6) is 1.33. The van der Waals surface area contributed by atoms with E-state index in [0.29, 0.717) is 30.1 Å². The van der Waals surface area contributed by atoms with Crippen LogP contribution in [-0.2, 0) is 6.42 Å². The Balaban J connectivity index is 0.000000391. The molecule has 1 atom stereocenters. The zero-order chi connectivity index (χ0) is 25.1. The van der Waals surface area contributed by atoms with Gasteiger partial charge in [0.05, 0.1) is 12.2 Å². The van der Waals surface area contributed by atoms with Gasteiger partial charge in [0.15, 0.2) is 11.6 Å². The first-order valence-electron chi connectivity index (χ1n) is 13.4. The summed E-state index contributed by atoms with van der Waals surface area (Å²) in [5, 5.41) is 0. The summed E-state index contributed by atoms with van der Waals surface area (Å²) in [5.41, 5.74) is 5.91. The van der Waals surface area contributed by atoms with Gasteiger partial charge in [0, 0.05) is 17.5 Å². The van der Waals surface area contributed by atoms with Gasteiger partial charge in [-0.2, -0.15) is 0 Å². The van der Waals surface area contributed by atoms with Crippen LogP contribution in [-0.4, -0.2) is 18.2 Å². The Kier molecular flexibility index (Phi) is 11.5. The van der Waals surface area contributed by atoms with Crippen molar-refractivity contribution in [1.29, 1.82) is 0 Å². The van der Waals surface area contributed by atoms with E-state index in [1.807, 2.05) is 18.2 Å². The van der Waals surface area contributed by atoms with E-state index in [9.17, 15) is 9.59 Å². The van der Waals surface area contributed by atoms with Crippen LogP contribution >= 0.6 is 0 Å². The molecule has 0 amide bonds. The first-order valence-corrected chi connectivity index (χ1v) is 13.4. The van der Waals surface area contributed by atoms with Gasteiger partial charge in [-0.15, -0.1) is 0 Å². The molecule has 3 heteroatoms. The number of unbranched alkanes of at least 4 members (excludes halogenated alkanes) is 3. The van der Waals surface area contributed by atoms with Gasteiger partial charge in [-0.1, -0.05) is 84.9 Å². The third-order valence-electron chi connectivity index (χ3n) is 6.65. The van der Waals surface area contributed by atoms with Gasteiger partial charge in [0.25, 0.3) is 0 Å². The molecule has 0 radical (unpaired) electrons. The molecule has 0 N–H and O–H groups in total. The summed E-state index contributed by atoms with van der Waals surface area (Å²) in [7, 11) is 0. The molecular weight excluding hydrogens is 420 g/mol. The molecular formula is C31H44O3. The van der Waals surface area contributed by atoms with Crippen molar-refractivity contribution in [2.45, 2.75) is 105 Å². The SMILES string of the molecule is CC(=O)c1ccc2c(c1)-c1c(ccc3c1OCCCC3=O)CCC2C.CCCC.CCCCC. The molecule has 1 aliphatic carbocycles. The number of carbonyl (C=O) groups is 2. The fourth-order valence-electron chi connectivity index (χ4n) is 4.34. The molecule has 0 spiro atoms. The van der Waals surface area contributed by atoms with Crippen molar-refractivity contribution in [3.63, 3.8) is 0 Å². The minimum Gasteiger partial charge on any atom is -0.492 e. The highest BCUT2D eigenvalue weighted by Crippen LogP contribution is 2.45. The van der Waals surface area contributed by atoms with Gasteiger partial charge < -0.3 is 4.74 Å². The van der Waals surface area contributed by atoms with Crippen LogP contribution < -0.4 is 4.74 Å². The zero-order valence-electron chi connectivity index (χ0n) is 22.3. The first-order chi connectivity index (χ1) is 16.4. The summed E-state index contributed by atoms with van der Waals surface area (Å²) < 4.78 is 6.06. The lowest BCUT2D eigenvalue weighted by atomic mass is 9.88. The Morgan fingerprint density at radius 3 is 2.24 bits per heavy atom. The molecule has 3 nitrogen and oxygen atoms in total. The van der Waals surface area contributed by atoms with E-state index in [1.54, 1.807) is 6.92 Å². The predicted octanol–water partition coefficient (Wildman–Crippen LogP) is 8.96. The summed E-state index contributed by atoms with van der Waals surface area (Å²) in [4.78, 5) is 24.4. The van der Waals surface area contributed by atoms with Gasteiger partial charge in [-0.05, 0) is 60.9 Å².